The van der Waals surface area contributed by atoms with Crippen molar-refractivity contribution in [2.75, 3.05) is 20.1 Å². The Morgan fingerprint density at radius 1 is 1.22 bits per heavy atom. The summed E-state index contributed by atoms with van der Waals surface area (Å²) in [5, 5.41) is 0. The van der Waals surface area contributed by atoms with Crippen LogP contribution in [0.4, 0.5) is 0 Å². The molecule has 0 bridgehead atoms. The van der Waals surface area contributed by atoms with Gasteiger partial charge in [-0.3, -0.25) is 0 Å². The molecule has 0 aromatic rings. The Labute approximate surface area is 113 Å². The van der Waals surface area contributed by atoms with Crippen molar-refractivity contribution in [3.8, 4) is 0 Å². The molecule has 1 nitrogen and oxygen atoms in total. The average molecular weight is 248 g/mol. The van der Waals surface area contributed by atoms with Crippen LogP contribution < -0.4 is 0 Å². The van der Waals surface area contributed by atoms with Gasteiger partial charge in [-0.25, -0.2) is 0 Å². The predicted molar refractivity (Wildman–Crippen MR) is 77.4 cm³/mol. The first kappa shape index (κ1) is 12.7. The smallest absolute Gasteiger partial charge is 0.118 e. The minimum atomic E-state index is 0.508. The number of nitrogens with zero attached hydrogens (tertiary/aromatic N) is 1. The van der Waals surface area contributed by atoms with Crippen molar-refractivity contribution in [2.24, 2.45) is 5.92 Å². The SMILES string of the molecule is CCC[C@H]1C[C@]2(C)C3=C(CCCC3)CC[N@@+]2(C)C1. The quantitative estimate of drug-likeness (QED) is 0.505. The lowest BCUT2D eigenvalue weighted by Crippen LogP contribution is -2.60. The number of quaternary nitrogens is 1. The molecular formula is C17H30N+. The molecule has 0 radical (unpaired) electrons. The van der Waals surface area contributed by atoms with Crippen molar-refractivity contribution in [3.05, 3.63) is 11.1 Å². The number of rotatable bonds is 2. The lowest BCUT2D eigenvalue weighted by molar-refractivity contribution is -0.942. The summed E-state index contributed by atoms with van der Waals surface area (Å²) in [6.07, 6.45) is 11.4. The van der Waals surface area contributed by atoms with Crippen molar-refractivity contribution in [1.82, 2.24) is 0 Å². The van der Waals surface area contributed by atoms with Gasteiger partial charge in [0, 0.05) is 18.8 Å². The highest BCUT2D eigenvalue weighted by Crippen LogP contribution is 2.52. The van der Waals surface area contributed by atoms with Gasteiger partial charge in [0.05, 0.1) is 20.1 Å². The largest absolute Gasteiger partial charge is 0.317 e. The van der Waals surface area contributed by atoms with Crippen LogP contribution in [0.2, 0.25) is 0 Å². The van der Waals surface area contributed by atoms with Crippen molar-refractivity contribution >= 4 is 0 Å². The normalized spacial score (nSPS) is 43.8. The van der Waals surface area contributed by atoms with Crippen LogP contribution in [0.1, 0.15) is 65.2 Å². The van der Waals surface area contributed by atoms with E-state index >= 15 is 0 Å². The number of likely N-dealkylation sites (N-methyl/N-ethyl adjacent to an activating group) is 1. The molecule has 0 unspecified atom stereocenters. The molecular weight excluding hydrogens is 218 g/mol. The highest BCUT2D eigenvalue weighted by Gasteiger charge is 2.56. The van der Waals surface area contributed by atoms with E-state index < -0.39 is 0 Å². The molecule has 3 rings (SSSR count). The lowest BCUT2D eigenvalue weighted by Gasteiger charge is -2.51. The van der Waals surface area contributed by atoms with Gasteiger partial charge in [0.15, 0.2) is 0 Å². The van der Waals surface area contributed by atoms with Crippen LogP contribution in [-0.2, 0) is 0 Å². The van der Waals surface area contributed by atoms with Crippen LogP contribution in [-0.4, -0.2) is 30.2 Å². The Balaban J connectivity index is 1.94. The van der Waals surface area contributed by atoms with Gasteiger partial charge in [0.25, 0.3) is 0 Å². The van der Waals surface area contributed by atoms with E-state index in [1.165, 1.54) is 68.9 Å². The zero-order chi connectivity index (χ0) is 12.8. The Kier molecular flexibility index (Phi) is 3.09. The first-order valence-corrected chi connectivity index (χ1v) is 8.15. The molecule has 0 N–H and O–H groups in total. The zero-order valence-electron chi connectivity index (χ0n) is 12.6. The molecule has 1 aliphatic carbocycles. The van der Waals surface area contributed by atoms with E-state index in [0.717, 1.165) is 5.92 Å². The van der Waals surface area contributed by atoms with Gasteiger partial charge in [0.1, 0.15) is 5.54 Å². The molecule has 0 amide bonds. The van der Waals surface area contributed by atoms with Crippen LogP contribution in [0, 0.1) is 5.92 Å². The molecule has 2 heterocycles. The maximum atomic E-state index is 2.60. The van der Waals surface area contributed by atoms with Gasteiger partial charge in [-0.1, -0.05) is 18.9 Å². The standard InChI is InChI=1S/C17H30N/c1-4-7-14-12-17(2)16-9-6-5-8-15(16)10-11-18(17,3)13-14/h14H,4-13H2,1-3H3/q+1/t14-,17+,18-/m0/s1. The first-order chi connectivity index (χ1) is 8.59. The van der Waals surface area contributed by atoms with Gasteiger partial charge >= 0.3 is 0 Å². The molecule has 1 fully saturated rings. The Morgan fingerprint density at radius 2 is 2.00 bits per heavy atom. The Morgan fingerprint density at radius 3 is 2.78 bits per heavy atom. The number of fused-ring (bicyclic) bond motifs is 2. The fourth-order valence-electron chi connectivity index (χ4n) is 5.28. The highest BCUT2D eigenvalue weighted by atomic mass is 15.4. The highest BCUT2D eigenvalue weighted by molar-refractivity contribution is 5.29. The van der Waals surface area contributed by atoms with Crippen molar-refractivity contribution in [3.63, 3.8) is 0 Å². The van der Waals surface area contributed by atoms with Gasteiger partial charge in [-0.2, -0.15) is 0 Å². The van der Waals surface area contributed by atoms with E-state index in [9.17, 15) is 0 Å². The van der Waals surface area contributed by atoms with Crippen LogP contribution in [0.5, 0.6) is 0 Å². The van der Waals surface area contributed by atoms with Crippen molar-refractivity contribution in [2.45, 2.75) is 70.8 Å². The molecule has 0 aromatic carbocycles. The fourth-order valence-corrected chi connectivity index (χ4v) is 5.28. The molecule has 0 saturated carbocycles. The van der Waals surface area contributed by atoms with Crippen LogP contribution in [0.3, 0.4) is 0 Å². The van der Waals surface area contributed by atoms with E-state index in [4.69, 9.17) is 0 Å². The summed E-state index contributed by atoms with van der Waals surface area (Å²) in [7, 11) is 2.55. The molecule has 3 aliphatic rings. The molecule has 0 spiro atoms. The monoisotopic (exact) mass is 248 g/mol. The van der Waals surface area contributed by atoms with Gasteiger partial charge in [0.2, 0.25) is 0 Å². The van der Waals surface area contributed by atoms with Gasteiger partial charge in [-0.05, 0) is 44.6 Å². The third-order valence-corrected chi connectivity index (χ3v) is 6.38. The molecule has 3 atom stereocenters. The van der Waals surface area contributed by atoms with Crippen LogP contribution >= 0.6 is 0 Å². The van der Waals surface area contributed by atoms with Gasteiger partial charge < -0.3 is 4.48 Å². The van der Waals surface area contributed by atoms with Gasteiger partial charge in [-0.15, -0.1) is 0 Å². The molecule has 0 aromatic heterocycles. The lowest BCUT2D eigenvalue weighted by atomic mass is 9.73. The summed E-state index contributed by atoms with van der Waals surface area (Å²) in [6, 6.07) is 0. The zero-order valence-corrected chi connectivity index (χ0v) is 12.6. The first-order valence-electron chi connectivity index (χ1n) is 8.15. The maximum Gasteiger partial charge on any atom is 0.118 e. The second-order valence-electron chi connectivity index (χ2n) is 7.47. The second kappa shape index (κ2) is 4.37. The summed E-state index contributed by atoms with van der Waals surface area (Å²) >= 11 is 0. The van der Waals surface area contributed by atoms with Crippen LogP contribution in [0.25, 0.3) is 0 Å². The minimum absolute atomic E-state index is 0.508. The molecule has 2 aliphatic heterocycles. The molecule has 18 heavy (non-hydrogen) atoms. The maximum absolute atomic E-state index is 2.60. The van der Waals surface area contributed by atoms with E-state index in [2.05, 4.69) is 20.9 Å². The molecule has 102 valence electrons. The van der Waals surface area contributed by atoms with E-state index in [1.807, 2.05) is 11.1 Å². The summed E-state index contributed by atoms with van der Waals surface area (Å²) in [6.45, 7) is 7.81. The fraction of sp³-hybridized carbons (Fsp3) is 0.882. The minimum Gasteiger partial charge on any atom is -0.317 e. The molecule has 1 saturated heterocycles. The van der Waals surface area contributed by atoms with Crippen molar-refractivity contribution < 1.29 is 4.48 Å². The summed E-state index contributed by atoms with van der Waals surface area (Å²) in [5.41, 5.74) is 4.28. The topological polar surface area (TPSA) is 0 Å². The second-order valence-corrected chi connectivity index (χ2v) is 7.47. The van der Waals surface area contributed by atoms with E-state index in [1.54, 1.807) is 0 Å². The van der Waals surface area contributed by atoms with E-state index in [0.29, 0.717) is 5.54 Å². The molecule has 1 heteroatoms. The third-order valence-electron chi connectivity index (χ3n) is 6.38. The Hall–Kier alpha value is -0.300. The Bertz CT molecular complexity index is 370. The third kappa shape index (κ3) is 1.70. The summed E-state index contributed by atoms with van der Waals surface area (Å²) < 4.78 is 1.36. The summed E-state index contributed by atoms with van der Waals surface area (Å²) in [5.74, 6) is 0.985. The number of hydrogen-bond donors (Lipinski definition) is 0. The van der Waals surface area contributed by atoms with Crippen molar-refractivity contribution in [1.29, 1.82) is 0 Å². The number of hydrogen-bond acceptors (Lipinski definition) is 0. The predicted octanol–water partition coefficient (Wildman–Crippen LogP) is 4.29. The average Bonchev–Trinajstić information content (AvgIpc) is 2.62. The van der Waals surface area contributed by atoms with Crippen LogP contribution in [0.15, 0.2) is 11.1 Å². The van der Waals surface area contributed by atoms with E-state index in [-0.39, 0.29) is 0 Å². The summed E-state index contributed by atoms with van der Waals surface area (Å²) in [4.78, 5) is 0.